The van der Waals surface area contributed by atoms with Crippen molar-refractivity contribution in [3.8, 4) is 0 Å². The van der Waals surface area contributed by atoms with Crippen LogP contribution >= 0.6 is 0 Å². The molecule has 0 aromatic carbocycles. The minimum absolute atomic E-state index is 0.115. The summed E-state index contributed by atoms with van der Waals surface area (Å²) in [6, 6.07) is 0. The van der Waals surface area contributed by atoms with Crippen molar-refractivity contribution in [1.29, 1.82) is 0 Å². The highest BCUT2D eigenvalue weighted by Gasteiger charge is 2.55. The van der Waals surface area contributed by atoms with Gasteiger partial charge in [-0.25, -0.2) is 0 Å². The molecule has 1 N–H and O–H groups in total. The first-order chi connectivity index (χ1) is 8.77. The topological polar surface area (TPSA) is 57.6 Å². The van der Waals surface area contributed by atoms with E-state index in [0.717, 1.165) is 25.7 Å². The molecular weight excluding hydrogens is 263 g/mol. The van der Waals surface area contributed by atoms with E-state index in [1.165, 1.54) is 0 Å². The van der Waals surface area contributed by atoms with E-state index in [2.05, 4.69) is 0 Å². The average Bonchev–Trinajstić information content (AvgIpc) is 2.96. The third-order valence-electron chi connectivity index (χ3n) is 4.39. The Morgan fingerprint density at radius 1 is 1.21 bits per heavy atom. The quantitative estimate of drug-likeness (QED) is 0.841. The first-order valence-electron chi connectivity index (χ1n) is 6.37. The summed E-state index contributed by atoms with van der Waals surface area (Å²) in [6.45, 7) is -0.438. The van der Waals surface area contributed by atoms with Gasteiger partial charge in [-0.1, -0.05) is 12.8 Å². The molecule has 1 aliphatic carbocycles. The van der Waals surface area contributed by atoms with Crippen molar-refractivity contribution in [2.45, 2.75) is 38.3 Å². The van der Waals surface area contributed by atoms with Gasteiger partial charge in [0.05, 0.1) is 5.41 Å². The molecule has 1 saturated carbocycles. The van der Waals surface area contributed by atoms with Gasteiger partial charge in [-0.3, -0.25) is 9.59 Å². The lowest BCUT2D eigenvalue weighted by Gasteiger charge is -2.31. The fraction of sp³-hybridized carbons (Fsp3) is 0.833. The molecular formula is C12H16F3NO3. The van der Waals surface area contributed by atoms with Gasteiger partial charge >= 0.3 is 18.1 Å². The molecule has 2 aliphatic rings. The number of hydrogen-bond donors (Lipinski definition) is 1. The molecule has 1 amide bonds. The maximum Gasteiger partial charge on any atom is 0.471 e. The summed E-state index contributed by atoms with van der Waals surface area (Å²) in [5, 5.41) is 9.41. The number of nitrogens with zero attached hydrogens (tertiary/aromatic N) is 1. The fourth-order valence-corrected chi connectivity index (χ4v) is 3.35. The van der Waals surface area contributed by atoms with Gasteiger partial charge in [0, 0.05) is 13.1 Å². The lowest BCUT2D eigenvalue weighted by Crippen LogP contribution is -2.45. The molecule has 0 aromatic heterocycles. The van der Waals surface area contributed by atoms with Crippen LogP contribution in [0, 0.1) is 11.3 Å². The van der Waals surface area contributed by atoms with Crippen molar-refractivity contribution in [2.75, 3.05) is 13.1 Å². The van der Waals surface area contributed by atoms with Crippen molar-refractivity contribution in [3.05, 3.63) is 0 Å². The van der Waals surface area contributed by atoms with E-state index in [1.807, 2.05) is 0 Å². The highest BCUT2D eigenvalue weighted by atomic mass is 19.4. The van der Waals surface area contributed by atoms with Crippen LogP contribution in [0.5, 0.6) is 0 Å². The van der Waals surface area contributed by atoms with Gasteiger partial charge < -0.3 is 10.0 Å². The predicted octanol–water partition coefficient (Wildman–Crippen LogP) is 2.04. The molecule has 0 spiro atoms. The molecule has 1 unspecified atom stereocenters. The summed E-state index contributed by atoms with van der Waals surface area (Å²) < 4.78 is 37.2. The first-order valence-corrected chi connectivity index (χ1v) is 6.37. The van der Waals surface area contributed by atoms with Gasteiger partial charge in [-0.15, -0.1) is 0 Å². The Bertz CT molecular complexity index is 390. The van der Waals surface area contributed by atoms with Gasteiger partial charge in [0.2, 0.25) is 0 Å². The molecule has 108 valence electrons. The van der Waals surface area contributed by atoms with Crippen LogP contribution in [0.4, 0.5) is 13.2 Å². The van der Waals surface area contributed by atoms with Gasteiger partial charge in [-0.05, 0) is 25.2 Å². The van der Waals surface area contributed by atoms with E-state index in [-0.39, 0.29) is 25.4 Å². The van der Waals surface area contributed by atoms with Crippen LogP contribution in [0.15, 0.2) is 0 Å². The molecule has 1 heterocycles. The first kappa shape index (κ1) is 14.1. The Hall–Kier alpha value is -1.27. The van der Waals surface area contributed by atoms with Gasteiger partial charge in [0.15, 0.2) is 0 Å². The maximum absolute atomic E-state index is 12.4. The third kappa shape index (κ3) is 2.42. The molecule has 1 aliphatic heterocycles. The van der Waals surface area contributed by atoms with Gasteiger partial charge in [0.25, 0.3) is 0 Å². The summed E-state index contributed by atoms with van der Waals surface area (Å²) in [5.41, 5.74) is -1.18. The number of amides is 1. The summed E-state index contributed by atoms with van der Waals surface area (Å²) in [5.74, 6) is -3.11. The van der Waals surface area contributed by atoms with Crippen LogP contribution in [-0.2, 0) is 9.59 Å². The van der Waals surface area contributed by atoms with Crippen LogP contribution in [0.1, 0.15) is 32.1 Å². The molecule has 0 aromatic rings. The Kier molecular flexibility index (Phi) is 3.49. The van der Waals surface area contributed by atoms with E-state index >= 15 is 0 Å². The van der Waals surface area contributed by atoms with Crippen molar-refractivity contribution in [3.63, 3.8) is 0 Å². The molecule has 19 heavy (non-hydrogen) atoms. The van der Waals surface area contributed by atoms with Crippen LogP contribution in [0.25, 0.3) is 0 Å². The van der Waals surface area contributed by atoms with Crippen molar-refractivity contribution in [2.24, 2.45) is 11.3 Å². The molecule has 1 saturated heterocycles. The number of aliphatic carboxylic acids is 1. The zero-order chi connectivity index (χ0) is 14.3. The minimum atomic E-state index is -4.93. The number of carboxylic acids is 1. The lowest BCUT2D eigenvalue weighted by molar-refractivity contribution is -0.185. The molecule has 0 bridgehead atoms. The zero-order valence-corrected chi connectivity index (χ0v) is 10.4. The van der Waals surface area contributed by atoms with Crippen LogP contribution < -0.4 is 0 Å². The SMILES string of the molecule is O=C(N1CCC(C(=O)O)(C2CCCC2)C1)C(F)(F)F. The number of likely N-dealkylation sites (tertiary alicyclic amines) is 1. The van der Waals surface area contributed by atoms with Crippen LogP contribution in [0.3, 0.4) is 0 Å². The normalized spacial score (nSPS) is 28.9. The number of halogens is 3. The average molecular weight is 279 g/mol. The van der Waals surface area contributed by atoms with Crippen LogP contribution in [-0.4, -0.2) is 41.1 Å². The highest BCUT2D eigenvalue weighted by Crippen LogP contribution is 2.46. The summed E-state index contributed by atoms with van der Waals surface area (Å²) in [4.78, 5) is 23.4. The van der Waals surface area contributed by atoms with Gasteiger partial charge in [0.1, 0.15) is 0 Å². The second kappa shape index (κ2) is 4.68. The number of carbonyl (C=O) groups excluding carboxylic acids is 1. The molecule has 0 radical (unpaired) electrons. The van der Waals surface area contributed by atoms with E-state index < -0.39 is 23.5 Å². The second-order valence-corrected chi connectivity index (χ2v) is 5.42. The van der Waals surface area contributed by atoms with Crippen LogP contribution in [0.2, 0.25) is 0 Å². The number of carboxylic acid groups (broad SMARTS) is 1. The second-order valence-electron chi connectivity index (χ2n) is 5.42. The summed E-state index contributed by atoms with van der Waals surface area (Å²) >= 11 is 0. The molecule has 2 fully saturated rings. The van der Waals surface area contributed by atoms with E-state index in [1.54, 1.807) is 0 Å². The number of hydrogen-bond acceptors (Lipinski definition) is 2. The predicted molar refractivity (Wildman–Crippen MR) is 59.3 cm³/mol. The monoisotopic (exact) mass is 279 g/mol. The van der Waals surface area contributed by atoms with Crippen molar-refractivity contribution >= 4 is 11.9 Å². The largest absolute Gasteiger partial charge is 0.481 e. The molecule has 1 atom stereocenters. The number of alkyl halides is 3. The van der Waals surface area contributed by atoms with Crippen molar-refractivity contribution in [1.82, 2.24) is 4.90 Å². The Balaban J connectivity index is 2.16. The Labute approximate surface area is 108 Å². The molecule has 2 rings (SSSR count). The van der Waals surface area contributed by atoms with E-state index in [0.29, 0.717) is 4.90 Å². The minimum Gasteiger partial charge on any atom is -0.481 e. The molecule has 4 nitrogen and oxygen atoms in total. The standard InChI is InChI=1S/C12H16F3NO3/c13-12(14,15)9(17)16-6-5-11(7-16,10(18)19)8-3-1-2-4-8/h8H,1-7H2,(H,18,19). The lowest BCUT2D eigenvalue weighted by atomic mass is 9.73. The fourth-order valence-electron chi connectivity index (χ4n) is 3.35. The Morgan fingerprint density at radius 3 is 2.26 bits per heavy atom. The number of carbonyl (C=O) groups is 2. The Morgan fingerprint density at radius 2 is 1.79 bits per heavy atom. The third-order valence-corrected chi connectivity index (χ3v) is 4.39. The van der Waals surface area contributed by atoms with E-state index in [9.17, 15) is 27.9 Å². The maximum atomic E-state index is 12.4. The zero-order valence-electron chi connectivity index (χ0n) is 10.4. The number of rotatable bonds is 2. The van der Waals surface area contributed by atoms with Gasteiger partial charge in [-0.2, -0.15) is 13.2 Å². The van der Waals surface area contributed by atoms with Crippen molar-refractivity contribution < 1.29 is 27.9 Å². The van der Waals surface area contributed by atoms with E-state index in [4.69, 9.17) is 0 Å². The highest BCUT2D eigenvalue weighted by molar-refractivity contribution is 5.84. The smallest absolute Gasteiger partial charge is 0.471 e. The summed E-state index contributed by atoms with van der Waals surface area (Å²) in [6.07, 6.45) is -1.54. The molecule has 7 heteroatoms. The summed E-state index contributed by atoms with van der Waals surface area (Å²) in [7, 11) is 0.